The average Bonchev–Trinajstić information content (AvgIpc) is 3.89. The maximum absolute atomic E-state index is 13.6. The molecule has 13 heteroatoms. The van der Waals surface area contributed by atoms with Gasteiger partial charge in [0, 0.05) is 47.3 Å². The van der Waals surface area contributed by atoms with Gasteiger partial charge in [-0.3, -0.25) is 20.2 Å². The van der Waals surface area contributed by atoms with Gasteiger partial charge in [-0.1, -0.05) is 12.1 Å². The number of hydrogen-bond acceptors (Lipinski definition) is 10. The zero-order chi connectivity index (χ0) is 38.1. The highest BCUT2D eigenvalue weighted by atomic mass is 19.1. The standard InChI is InChI=1S/C21H18FN5O.C21H19N5O/c1-13-14(2)19(8-7-18(13)22)24-21-25-20(26-27-21)15-3-5-16(6-4-15)28-17-9-11-23-12-10-17;1-14-4-3-5-19(15(14)2)23-21-24-20(25-26-21)16-6-8-17(9-7-16)27-18-10-12-22-13-11-18/h3-12H,1-2H3,(H2,24,25,26,27);3-13H,1-2H3,(H2,23,24,25,26). The fraction of sp³-hybridized carbons (Fsp3) is 0.0952. The van der Waals surface area contributed by atoms with E-state index in [1.54, 1.807) is 49.9 Å². The molecular formula is C42H37FN10O2. The smallest absolute Gasteiger partial charge is 0.246 e. The van der Waals surface area contributed by atoms with E-state index in [4.69, 9.17) is 9.47 Å². The molecule has 4 N–H and O–H groups in total. The lowest BCUT2D eigenvalue weighted by molar-refractivity contribution is 0.481. The first kappa shape index (κ1) is 36.0. The fourth-order valence-electron chi connectivity index (χ4n) is 5.39. The molecule has 0 saturated carbocycles. The first-order valence-corrected chi connectivity index (χ1v) is 17.4. The largest absolute Gasteiger partial charge is 0.457 e. The first-order chi connectivity index (χ1) is 26.8. The lowest BCUT2D eigenvalue weighted by Gasteiger charge is -2.09. The molecule has 0 spiro atoms. The van der Waals surface area contributed by atoms with Gasteiger partial charge < -0.3 is 20.1 Å². The molecule has 8 rings (SSSR count). The molecule has 0 amide bonds. The van der Waals surface area contributed by atoms with Gasteiger partial charge in [-0.2, -0.15) is 9.97 Å². The molecule has 4 aromatic heterocycles. The van der Waals surface area contributed by atoms with E-state index in [9.17, 15) is 4.39 Å². The molecular weight excluding hydrogens is 696 g/mol. The second-order valence-corrected chi connectivity index (χ2v) is 12.5. The summed E-state index contributed by atoms with van der Waals surface area (Å²) in [7, 11) is 0. The van der Waals surface area contributed by atoms with Crippen molar-refractivity contribution in [2.45, 2.75) is 27.7 Å². The van der Waals surface area contributed by atoms with Crippen LogP contribution in [0.3, 0.4) is 0 Å². The van der Waals surface area contributed by atoms with E-state index >= 15 is 0 Å². The quantitative estimate of drug-likeness (QED) is 0.107. The molecule has 8 aromatic rings. The molecule has 0 aliphatic carbocycles. The number of aromatic amines is 2. The van der Waals surface area contributed by atoms with Crippen LogP contribution in [0.2, 0.25) is 0 Å². The molecule has 0 saturated heterocycles. The van der Waals surface area contributed by atoms with Crippen LogP contribution in [0.1, 0.15) is 22.3 Å². The van der Waals surface area contributed by atoms with Crippen LogP contribution < -0.4 is 20.1 Å². The summed E-state index contributed by atoms with van der Waals surface area (Å²) in [5, 5.41) is 20.7. The third-order valence-electron chi connectivity index (χ3n) is 8.82. The highest BCUT2D eigenvalue weighted by molar-refractivity contribution is 5.64. The molecule has 4 heterocycles. The van der Waals surface area contributed by atoms with Crippen molar-refractivity contribution in [2.75, 3.05) is 10.6 Å². The number of ether oxygens (including phenoxy) is 2. The van der Waals surface area contributed by atoms with Gasteiger partial charge in [0.25, 0.3) is 0 Å². The third kappa shape index (κ3) is 8.98. The minimum atomic E-state index is -0.229. The van der Waals surface area contributed by atoms with Crippen molar-refractivity contribution in [1.82, 2.24) is 40.3 Å². The summed E-state index contributed by atoms with van der Waals surface area (Å²) in [4.78, 5) is 16.9. The number of pyridine rings is 2. The van der Waals surface area contributed by atoms with E-state index in [2.05, 4.69) is 70.9 Å². The summed E-state index contributed by atoms with van der Waals surface area (Å²) in [6, 6.07) is 31.6. The number of aromatic nitrogens is 8. The number of hydrogen-bond donors (Lipinski definition) is 4. The average molecular weight is 733 g/mol. The zero-order valence-corrected chi connectivity index (χ0v) is 30.5. The Morgan fingerprint density at radius 2 is 0.945 bits per heavy atom. The number of benzene rings is 4. The number of H-pyrrole nitrogens is 2. The Kier molecular flexibility index (Phi) is 10.8. The molecule has 4 aromatic carbocycles. The Bertz CT molecular complexity index is 2490. The monoisotopic (exact) mass is 732 g/mol. The van der Waals surface area contributed by atoms with E-state index in [1.807, 2.05) is 79.7 Å². The SMILES string of the molecule is Cc1c(F)ccc(Nc2n[nH]c(-c3ccc(Oc4ccncc4)cc3)n2)c1C.Cc1cccc(Nc2n[nH]c(-c3ccc(Oc4ccncc4)cc3)n2)c1C. The molecule has 0 fully saturated rings. The van der Waals surface area contributed by atoms with Gasteiger partial charge in [0.2, 0.25) is 11.9 Å². The van der Waals surface area contributed by atoms with Crippen molar-refractivity contribution < 1.29 is 13.9 Å². The van der Waals surface area contributed by atoms with Gasteiger partial charge >= 0.3 is 0 Å². The van der Waals surface area contributed by atoms with Crippen molar-refractivity contribution >= 4 is 23.3 Å². The molecule has 0 radical (unpaired) electrons. The summed E-state index contributed by atoms with van der Waals surface area (Å²) in [5.41, 5.74) is 7.40. The Morgan fingerprint density at radius 1 is 0.491 bits per heavy atom. The van der Waals surface area contributed by atoms with Crippen molar-refractivity contribution in [2.24, 2.45) is 0 Å². The molecule has 0 aliphatic rings. The predicted octanol–water partition coefficient (Wildman–Crippen LogP) is 10.2. The zero-order valence-electron chi connectivity index (χ0n) is 30.5. The van der Waals surface area contributed by atoms with Gasteiger partial charge in [-0.05, 0) is 141 Å². The van der Waals surface area contributed by atoms with Crippen molar-refractivity contribution in [1.29, 1.82) is 0 Å². The van der Waals surface area contributed by atoms with Crippen LogP contribution >= 0.6 is 0 Å². The van der Waals surface area contributed by atoms with Crippen molar-refractivity contribution in [3.8, 4) is 45.8 Å². The van der Waals surface area contributed by atoms with E-state index in [0.717, 1.165) is 45.3 Å². The van der Waals surface area contributed by atoms with Gasteiger partial charge in [0.05, 0.1) is 0 Å². The van der Waals surface area contributed by atoms with Crippen LogP contribution in [0, 0.1) is 33.5 Å². The van der Waals surface area contributed by atoms with Gasteiger partial charge in [-0.15, -0.1) is 10.2 Å². The lowest BCUT2D eigenvalue weighted by atomic mass is 10.1. The Morgan fingerprint density at radius 3 is 1.44 bits per heavy atom. The van der Waals surface area contributed by atoms with E-state index in [1.165, 1.54) is 17.2 Å². The number of nitrogens with zero attached hydrogens (tertiary/aromatic N) is 6. The molecule has 55 heavy (non-hydrogen) atoms. The van der Waals surface area contributed by atoms with Crippen molar-refractivity contribution in [3.63, 3.8) is 0 Å². The minimum Gasteiger partial charge on any atom is -0.457 e. The van der Waals surface area contributed by atoms with Crippen LogP contribution in [0.5, 0.6) is 23.0 Å². The highest BCUT2D eigenvalue weighted by Gasteiger charge is 2.11. The van der Waals surface area contributed by atoms with Crippen LogP contribution in [0.25, 0.3) is 22.8 Å². The van der Waals surface area contributed by atoms with Crippen LogP contribution in [0.4, 0.5) is 27.7 Å². The Labute approximate surface area is 316 Å². The van der Waals surface area contributed by atoms with Crippen LogP contribution in [-0.2, 0) is 0 Å². The third-order valence-corrected chi connectivity index (χ3v) is 8.82. The Hall–Kier alpha value is -7.41. The summed E-state index contributed by atoms with van der Waals surface area (Å²) in [5.74, 6) is 4.97. The number of halogens is 1. The van der Waals surface area contributed by atoms with Crippen LogP contribution in [0.15, 0.2) is 128 Å². The van der Waals surface area contributed by atoms with E-state index in [-0.39, 0.29) is 5.82 Å². The van der Waals surface area contributed by atoms with E-state index in [0.29, 0.717) is 34.9 Å². The summed E-state index contributed by atoms with van der Waals surface area (Å²) >= 11 is 0. The van der Waals surface area contributed by atoms with E-state index < -0.39 is 0 Å². The number of rotatable bonds is 10. The summed E-state index contributed by atoms with van der Waals surface area (Å²) < 4.78 is 25.2. The topological polar surface area (TPSA) is 151 Å². The van der Waals surface area contributed by atoms with Crippen LogP contribution in [-0.4, -0.2) is 40.3 Å². The molecule has 0 bridgehead atoms. The number of aryl methyl sites for hydroxylation is 1. The normalized spacial score (nSPS) is 10.6. The molecule has 12 nitrogen and oxygen atoms in total. The summed E-state index contributed by atoms with van der Waals surface area (Å²) in [6.07, 6.45) is 6.75. The molecule has 0 aliphatic heterocycles. The second-order valence-electron chi connectivity index (χ2n) is 12.5. The second kappa shape index (κ2) is 16.5. The first-order valence-electron chi connectivity index (χ1n) is 17.4. The van der Waals surface area contributed by atoms with Gasteiger partial charge in [0.1, 0.15) is 28.8 Å². The maximum Gasteiger partial charge on any atom is 0.246 e. The lowest BCUT2D eigenvalue weighted by Crippen LogP contribution is -1.98. The number of anilines is 4. The number of nitrogens with one attached hydrogen (secondary N) is 4. The van der Waals surface area contributed by atoms with Gasteiger partial charge in [0.15, 0.2) is 11.6 Å². The minimum absolute atomic E-state index is 0.229. The summed E-state index contributed by atoms with van der Waals surface area (Å²) in [6.45, 7) is 7.76. The van der Waals surface area contributed by atoms with Crippen molar-refractivity contribution in [3.05, 3.63) is 156 Å². The molecule has 274 valence electrons. The highest BCUT2D eigenvalue weighted by Crippen LogP contribution is 2.28. The van der Waals surface area contributed by atoms with Gasteiger partial charge in [-0.25, -0.2) is 4.39 Å². The maximum atomic E-state index is 13.6. The fourth-order valence-corrected chi connectivity index (χ4v) is 5.39. The molecule has 0 atom stereocenters. The molecule has 0 unspecified atom stereocenters. The Balaban J connectivity index is 0.000000169. The predicted molar refractivity (Wildman–Crippen MR) is 211 cm³/mol.